The lowest BCUT2D eigenvalue weighted by Gasteiger charge is -2.09. The van der Waals surface area contributed by atoms with Crippen LogP contribution in [0.25, 0.3) is 0 Å². The van der Waals surface area contributed by atoms with E-state index >= 15 is 0 Å². The fourth-order valence-electron chi connectivity index (χ4n) is 1.52. The van der Waals surface area contributed by atoms with Gasteiger partial charge in [-0.15, -0.1) is 0 Å². The third kappa shape index (κ3) is 4.49. The van der Waals surface area contributed by atoms with Crippen LogP contribution in [0, 0.1) is 10.1 Å². The Bertz CT molecular complexity index is 511. The highest BCUT2D eigenvalue weighted by atomic mass is 32.2. The summed E-state index contributed by atoms with van der Waals surface area (Å²) in [4.78, 5) is 10.1. The summed E-state index contributed by atoms with van der Waals surface area (Å²) in [5.41, 5.74) is 0.216. The Labute approximate surface area is 99.0 Å². The highest BCUT2D eigenvalue weighted by Crippen LogP contribution is 2.19. The molecule has 6 nitrogen and oxygen atoms in total. The number of aliphatic hydroxyl groups is 1. The van der Waals surface area contributed by atoms with Gasteiger partial charge in [-0.05, 0) is 0 Å². The lowest BCUT2D eigenvalue weighted by molar-refractivity contribution is -0.385. The van der Waals surface area contributed by atoms with E-state index in [1.807, 2.05) is 0 Å². The van der Waals surface area contributed by atoms with Gasteiger partial charge >= 0.3 is 0 Å². The van der Waals surface area contributed by atoms with E-state index in [0.717, 1.165) is 6.26 Å². The van der Waals surface area contributed by atoms with Crippen molar-refractivity contribution in [3.05, 3.63) is 39.9 Å². The number of sulfone groups is 1. The molecule has 1 aromatic rings. The zero-order valence-corrected chi connectivity index (χ0v) is 10.1. The van der Waals surface area contributed by atoms with Gasteiger partial charge in [0, 0.05) is 24.3 Å². The van der Waals surface area contributed by atoms with E-state index in [0.29, 0.717) is 5.56 Å². The van der Waals surface area contributed by atoms with Crippen molar-refractivity contribution < 1.29 is 18.4 Å². The van der Waals surface area contributed by atoms with Crippen molar-refractivity contribution in [3.63, 3.8) is 0 Å². The zero-order chi connectivity index (χ0) is 13.1. The molecule has 0 aliphatic heterocycles. The van der Waals surface area contributed by atoms with Crippen LogP contribution >= 0.6 is 0 Å². The summed E-state index contributed by atoms with van der Waals surface area (Å²) in [6.07, 6.45) is -0.175. The standard InChI is InChI=1S/C10H13NO5S/c1-17(15,16)7-9(12)6-8-4-2-3-5-10(8)11(13)14/h2-5,9,12H,6-7H2,1H3. The second-order valence-electron chi connectivity index (χ2n) is 3.84. The van der Waals surface area contributed by atoms with Crippen molar-refractivity contribution in [2.24, 2.45) is 0 Å². The van der Waals surface area contributed by atoms with E-state index in [1.165, 1.54) is 18.2 Å². The lowest BCUT2D eigenvalue weighted by atomic mass is 10.1. The molecule has 0 fully saturated rings. The number of hydrogen-bond donors (Lipinski definition) is 1. The predicted octanol–water partition coefficient (Wildman–Crippen LogP) is 0.543. The molecule has 0 saturated carbocycles. The first-order chi connectivity index (χ1) is 7.79. The van der Waals surface area contributed by atoms with Crippen LogP contribution in [-0.4, -0.2) is 36.6 Å². The fourth-order valence-corrected chi connectivity index (χ4v) is 2.34. The summed E-state index contributed by atoms with van der Waals surface area (Å²) in [5, 5.41) is 20.2. The van der Waals surface area contributed by atoms with Crippen LogP contribution in [-0.2, 0) is 16.3 Å². The largest absolute Gasteiger partial charge is 0.392 e. The molecule has 0 aliphatic rings. The topological polar surface area (TPSA) is 97.5 Å². The highest BCUT2D eigenvalue weighted by molar-refractivity contribution is 7.90. The first-order valence-electron chi connectivity index (χ1n) is 4.87. The molecule has 1 rings (SSSR count). The Hall–Kier alpha value is -1.47. The fraction of sp³-hybridized carbons (Fsp3) is 0.400. The van der Waals surface area contributed by atoms with Crippen LogP contribution in [0.2, 0.25) is 0 Å². The van der Waals surface area contributed by atoms with E-state index in [-0.39, 0.29) is 12.1 Å². The average molecular weight is 259 g/mol. The number of nitro benzene ring substituents is 1. The summed E-state index contributed by atoms with van der Waals surface area (Å²) in [5.74, 6) is -0.404. The van der Waals surface area contributed by atoms with Gasteiger partial charge in [-0.2, -0.15) is 0 Å². The smallest absolute Gasteiger partial charge is 0.272 e. The maximum atomic E-state index is 11.0. The number of benzene rings is 1. The van der Waals surface area contributed by atoms with Gasteiger partial charge in [-0.3, -0.25) is 10.1 Å². The van der Waals surface area contributed by atoms with Gasteiger partial charge in [0.15, 0.2) is 0 Å². The van der Waals surface area contributed by atoms with E-state index in [9.17, 15) is 23.6 Å². The zero-order valence-electron chi connectivity index (χ0n) is 9.24. The molecule has 7 heteroatoms. The van der Waals surface area contributed by atoms with Crippen LogP contribution in [0.3, 0.4) is 0 Å². The Kier molecular flexibility index (Phi) is 4.19. The molecule has 1 atom stereocenters. The summed E-state index contributed by atoms with van der Waals surface area (Å²) >= 11 is 0. The van der Waals surface area contributed by atoms with Gasteiger partial charge in [0.05, 0.1) is 16.8 Å². The number of nitrogens with zero attached hydrogens (tertiary/aromatic N) is 1. The monoisotopic (exact) mass is 259 g/mol. The molecular weight excluding hydrogens is 246 g/mol. The van der Waals surface area contributed by atoms with Crippen LogP contribution in [0.4, 0.5) is 5.69 Å². The molecule has 0 aliphatic carbocycles. The van der Waals surface area contributed by atoms with Gasteiger partial charge in [0.2, 0.25) is 0 Å². The third-order valence-corrected chi connectivity index (χ3v) is 3.13. The number of para-hydroxylation sites is 1. The molecule has 0 saturated heterocycles. The Morgan fingerprint density at radius 2 is 2.00 bits per heavy atom. The third-order valence-electron chi connectivity index (χ3n) is 2.14. The van der Waals surface area contributed by atoms with Gasteiger partial charge < -0.3 is 5.11 Å². The van der Waals surface area contributed by atoms with Gasteiger partial charge in [-0.25, -0.2) is 8.42 Å². The molecule has 0 amide bonds. The SMILES string of the molecule is CS(=O)(=O)CC(O)Cc1ccccc1[N+](=O)[O-]. The van der Waals surface area contributed by atoms with E-state index in [1.54, 1.807) is 6.07 Å². The van der Waals surface area contributed by atoms with Crippen molar-refractivity contribution in [2.75, 3.05) is 12.0 Å². The maximum absolute atomic E-state index is 11.0. The van der Waals surface area contributed by atoms with Gasteiger partial charge in [-0.1, -0.05) is 18.2 Å². The molecule has 0 aromatic heterocycles. The minimum absolute atomic E-state index is 0.0514. The van der Waals surface area contributed by atoms with E-state index in [2.05, 4.69) is 0 Å². The van der Waals surface area contributed by atoms with Crippen LogP contribution in [0.5, 0.6) is 0 Å². The summed E-state index contributed by atoms with van der Waals surface area (Å²) < 4.78 is 21.9. The molecule has 0 spiro atoms. The van der Waals surface area contributed by atoms with Crippen molar-refractivity contribution >= 4 is 15.5 Å². The molecule has 17 heavy (non-hydrogen) atoms. The minimum atomic E-state index is -3.30. The molecule has 1 N–H and O–H groups in total. The average Bonchev–Trinajstić information content (AvgIpc) is 2.14. The number of aliphatic hydroxyl groups excluding tert-OH is 1. The molecule has 1 unspecified atom stereocenters. The quantitative estimate of drug-likeness (QED) is 0.615. The van der Waals surface area contributed by atoms with Crippen LogP contribution in [0.15, 0.2) is 24.3 Å². The molecule has 0 radical (unpaired) electrons. The molecule has 94 valence electrons. The Morgan fingerprint density at radius 1 is 1.41 bits per heavy atom. The highest BCUT2D eigenvalue weighted by Gasteiger charge is 2.18. The Morgan fingerprint density at radius 3 is 2.53 bits per heavy atom. The summed E-state index contributed by atoms with van der Waals surface area (Å²) in [6, 6.07) is 5.95. The molecule has 0 bridgehead atoms. The van der Waals surface area contributed by atoms with Gasteiger partial charge in [0.25, 0.3) is 5.69 Å². The normalized spacial score (nSPS) is 13.3. The number of rotatable bonds is 5. The van der Waals surface area contributed by atoms with E-state index in [4.69, 9.17) is 0 Å². The molecular formula is C10H13NO5S. The predicted molar refractivity (Wildman–Crippen MR) is 62.5 cm³/mol. The number of nitro groups is 1. The first-order valence-corrected chi connectivity index (χ1v) is 6.94. The van der Waals surface area contributed by atoms with Crippen molar-refractivity contribution in [1.29, 1.82) is 0 Å². The van der Waals surface area contributed by atoms with Crippen molar-refractivity contribution in [2.45, 2.75) is 12.5 Å². The summed E-state index contributed by atoms with van der Waals surface area (Å²) in [6.45, 7) is 0. The summed E-state index contributed by atoms with van der Waals surface area (Å²) in [7, 11) is -3.30. The molecule has 1 aromatic carbocycles. The van der Waals surface area contributed by atoms with E-state index < -0.39 is 26.6 Å². The second kappa shape index (κ2) is 5.24. The lowest BCUT2D eigenvalue weighted by Crippen LogP contribution is -2.22. The number of hydrogen-bond acceptors (Lipinski definition) is 5. The Balaban J connectivity index is 2.85. The van der Waals surface area contributed by atoms with Crippen LogP contribution < -0.4 is 0 Å². The van der Waals surface area contributed by atoms with Crippen molar-refractivity contribution in [1.82, 2.24) is 0 Å². The van der Waals surface area contributed by atoms with Crippen LogP contribution in [0.1, 0.15) is 5.56 Å². The second-order valence-corrected chi connectivity index (χ2v) is 6.02. The molecule has 0 heterocycles. The van der Waals surface area contributed by atoms with Crippen molar-refractivity contribution in [3.8, 4) is 0 Å². The minimum Gasteiger partial charge on any atom is -0.392 e. The van der Waals surface area contributed by atoms with Gasteiger partial charge in [0.1, 0.15) is 9.84 Å². The maximum Gasteiger partial charge on any atom is 0.272 e. The first kappa shape index (κ1) is 13.6.